The zero-order chi connectivity index (χ0) is 16.5. The van der Waals surface area contributed by atoms with Crippen LogP contribution in [0.5, 0.6) is 5.75 Å². The number of amides is 1. The molecule has 0 spiro atoms. The predicted molar refractivity (Wildman–Crippen MR) is 95.0 cm³/mol. The third-order valence-electron chi connectivity index (χ3n) is 3.98. The molecule has 4 rings (SSSR count). The van der Waals surface area contributed by atoms with E-state index in [1.165, 1.54) is 24.2 Å². The highest BCUT2D eigenvalue weighted by Crippen LogP contribution is 2.42. The van der Waals surface area contributed by atoms with Crippen molar-refractivity contribution in [2.24, 2.45) is 0 Å². The van der Waals surface area contributed by atoms with E-state index in [4.69, 9.17) is 4.74 Å². The molecule has 5 nitrogen and oxygen atoms in total. The van der Waals surface area contributed by atoms with Gasteiger partial charge in [-0.05, 0) is 42.7 Å². The summed E-state index contributed by atoms with van der Waals surface area (Å²) in [5.74, 6) is 0.899. The molecule has 0 aliphatic heterocycles. The van der Waals surface area contributed by atoms with Crippen LogP contribution in [0.15, 0.2) is 36.4 Å². The van der Waals surface area contributed by atoms with Crippen molar-refractivity contribution in [2.45, 2.75) is 25.7 Å². The summed E-state index contributed by atoms with van der Waals surface area (Å²) >= 11 is 1.45. The van der Waals surface area contributed by atoms with E-state index in [0.717, 1.165) is 15.8 Å². The van der Waals surface area contributed by atoms with E-state index in [0.29, 0.717) is 29.0 Å². The van der Waals surface area contributed by atoms with Crippen LogP contribution >= 0.6 is 11.3 Å². The normalized spacial score (nSPS) is 13.9. The molecule has 24 heavy (non-hydrogen) atoms. The zero-order valence-corrected chi connectivity index (χ0v) is 14.1. The SMILES string of the molecule is CCOc1cc2ccccc2cc1C(=O)Nc1nnc(C2CC2)s1. The zero-order valence-electron chi connectivity index (χ0n) is 13.3. The Morgan fingerprint density at radius 2 is 2.00 bits per heavy atom. The molecule has 3 aromatic rings. The second-order valence-electron chi connectivity index (χ2n) is 5.80. The molecule has 1 aliphatic rings. The molecule has 0 bridgehead atoms. The fraction of sp³-hybridized carbons (Fsp3) is 0.278. The van der Waals surface area contributed by atoms with Crippen molar-refractivity contribution in [2.75, 3.05) is 11.9 Å². The summed E-state index contributed by atoms with van der Waals surface area (Å²) in [6.45, 7) is 2.41. The van der Waals surface area contributed by atoms with Crippen molar-refractivity contribution in [1.29, 1.82) is 0 Å². The second kappa shape index (κ2) is 6.20. The highest BCUT2D eigenvalue weighted by atomic mass is 32.1. The van der Waals surface area contributed by atoms with Crippen molar-refractivity contribution in [1.82, 2.24) is 10.2 Å². The molecule has 2 aromatic carbocycles. The number of nitrogens with zero attached hydrogens (tertiary/aromatic N) is 2. The van der Waals surface area contributed by atoms with Gasteiger partial charge in [-0.25, -0.2) is 0 Å². The molecule has 1 N–H and O–H groups in total. The van der Waals surface area contributed by atoms with Crippen LogP contribution in [-0.4, -0.2) is 22.7 Å². The number of hydrogen-bond acceptors (Lipinski definition) is 5. The summed E-state index contributed by atoms with van der Waals surface area (Å²) < 4.78 is 5.66. The molecule has 122 valence electrons. The average molecular weight is 339 g/mol. The van der Waals surface area contributed by atoms with E-state index in [1.54, 1.807) is 0 Å². The first kappa shape index (κ1) is 15.1. The lowest BCUT2D eigenvalue weighted by atomic mass is 10.1. The van der Waals surface area contributed by atoms with Gasteiger partial charge in [0.1, 0.15) is 10.8 Å². The first-order chi connectivity index (χ1) is 11.7. The van der Waals surface area contributed by atoms with Gasteiger partial charge in [0.25, 0.3) is 5.91 Å². The Morgan fingerprint density at radius 3 is 2.71 bits per heavy atom. The standard InChI is InChI=1S/C18H17N3O2S/c1-2-23-15-10-13-6-4-3-5-12(13)9-14(15)16(22)19-18-21-20-17(24-18)11-7-8-11/h3-6,9-11H,2,7-8H2,1H3,(H,19,21,22). The van der Waals surface area contributed by atoms with Gasteiger partial charge in [0.2, 0.25) is 5.13 Å². The summed E-state index contributed by atoms with van der Waals surface area (Å²) in [4.78, 5) is 12.7. The fourth-order valence-corrected chi connectivity index (χ4v) is 3.52. The maximum atomic E-state index is 12.7. The average Bonchev–Trinajstić information content (AvgIpc) is 3.34. The number of anilines is 1. The molecule has 0 saturated heterocycles. The van der Waals surface area contributed by atoms with Gasteiger partial charge >= 0.3 is 0 Å². The quantitative estimate of drug-likeness (QED) is 0.756. The van der Waals surface area contributed by atoms with Crippen molar-refractivity contribution < 1.29 is 9.53 Å². The summed E-state index contributed by atoms with van der Waals surface area (Å²) in [6.07, 6.45) is 2.34. The Labute approximate surface area is 143 Å². The van der Waals surface area contributed by atoms with E-state index in [-0.39, 0.29) is 5.91 Å². The first-order valence-corrected chi connectivity index (χ1v) is 8.86. The van der Waals surface area contributed by atoms with Gasteiger partial charge in [0, 0.05) is 5.92 Å². The van der Waals surface area contributed by atoms with Crippen LogP contribution in [0.25, 0.3) is 10.8 Å². The van der Waals surface area contributed by atoms with Gasteiger partial charge in [0.05, 0.1) is 12.2 Å². The maximum Gasteiger partial charge on any atom is 0.261 e. The minimum Gasteiger partial charge on any atom is -0.493 e. The lowest BCUT2D eigenvalue weighted by Crippen LogP contribution is -2.13. The Morgan fingerprint density at radius 1 is 1.25 bits per heavy atom. The fourth-order valence-electron chi connectivity index (χ4n) is 2.62. The minimum atomic E-state index is -0.220. The highest BCUT2D eigenvalue weighted by molar-refractivity contribution is 7.15. The predicted octanol–water partition coefficient (Wildman–Crippen LogP) is 4.22. The van der Waals surface area contributed by atoms with Crippen LogP contribution in [-0.2, 0) is 0 Å². The Bertz CT molecular complexity index is 902. The number of rotatable bonds is 5. The number of nitrogens with one attached hydrogen (secondary N) is 1. The second-order valence-corrected chi connectivity index (χ2v) is 6.81. The molecule has 0 unspecified atom stereocenters. The van der Waals surface area contributed by atoms with Crippen molar-refractivity contribution in [3.05, 3.63) is 47.0 Å². The van der Waals surface area contributed by atoms with Crippen LogP contribution in [0.4, 0.5) is 5.13 Å². The molecular weight excluding hydrogens is 322 g/mol. The molecule has 1 aliphatic carbocycles. The number of carbonyl (C=O) groups excluding carboxylic acids is 1. The van der Waals surface area contributed by atoms with E-state index in [1.807, 2.05) is 43.3 Å². The first-order valence-electron chi connectivity index (χ1n) is 8.05. The van der Waals surface area contributed by atoms with Crippen molar-refractivity contribution >= 4 is 33.1 Å². The van der Waals surface area contributed by atoms with E-state index in [2.05, 4.69) is 15.5 Å². The molecule has 1 saturated carbocycles. The van der Waals surface area contributed by atoms with Crippen LogP contribution in [0.2, 0.25) is 0 Å². The topological polar surface area (TPSA) is 64.1 Å². The van der Waals surface area contributed by atoms with E-state index in [9.17, 15) is 4.79 Å². The summed E-state index contributed by atoms with van der Waals surface area (Å²) in [7, 11) is 0. The smallest absolute Gasteiger partial charge is 0.261 e. The third-order valence-corrected chi connectivity index (χ3v) is 4.98. The van der Waals surface area contributed by atoms with Gasteiger partial charge in [-0.15, -0.1) is 10.2 Å². The number of aromatic nitrogens is 2. The number of hydrogen-bond donors (Lipinski definition) is 1. The molecular formula is C18H17N3O2S. The number of ether oxygens (including phenoxy) is 1. The Hall–Kier alpha value is -2.47. The van der Waals surface area contributed by atoms with Gasteiger partial charge in [-0.2, -0.15) is 0 Å². The highest BCUT2D eigenvalue weighted by Gasteiger charge is 2.28. The van der Waals surface area contributed by atoms with Crippen LogP contribution in [0, 0.1) is 0 Å². The van der Waals surface area contributed by atoms with Gasteiger partial charge in [-0.3, -0.25) is 10.1 Å². The number of fused-ring (bicyclic) bond motifs is 1. The summed E-state index contributed by atoms with van der Waals surface area (Å²) in [5, 5.41) is 14.7. The van der Waals surface area contributed by atoms with E-state index < -0.39 is 0 Å². The van der Waals surface area contributed by atoms with Gasteiger partial charge in [0.15, 0.2) is 0 Å². The lowest BCUT2D eigenvalue weighted by Gasteiger charge is -2.11. The Balaban J connectivity index is 1.64. The molecule has 1 heterocycles. The monoisotopic (exact) mass is 339 g/mol. The van der Waals surface area contributed by atoms with Crippen LogP contribution < -0.4 is 10.1 Å². The summed E-state index contributed by atoms with van der Waals surface area (Å²) in [5.41, 5.74) is 0.513. The lowest BCUT2D eigenvalue weighted by molar-refractivity contribution is 0.102. The molecule has 0 atom stereocenters. The van der Waals surface area contributed by atoms with E-state index >= 15 is 0 Å². The van der Waals surface area contributed by atoms with Crippen LogP contribution in [0.1, 0.15) is 41.0 Å². The molecule has 1 fully saturated rings. The molecule has 1 amide bonds. The minimum absolute atomic E-state index is 0.220. The van der Waals surface area contributed by atoms with Crippen molar-refractivity contribution in [3.8, 4) is 5.75 Å². The number of benzene rings is 2. The molecule has 0 radical (unpaired) electrons. The van der Waals surface area contributed by atoms with Crippen molar-refractivity contribution in [3.63, 3.8) is 0 Å². The molecule has 1 aromatic heterocycles. The maximum absolute atomic E-state index is 12.7. The Kier molecular flexibility index (Phi) is 3.90. The van der Waals surface area contributed by atoms with Gasteiger partial charge < -0.3 is 4.74 Å². The van der Waals surface area contributed by atoms with Crippen LogP contribution in [0.3, 0.4) is 0 Å². The van der Waals surface area contributed by atoms with Gasteiger partial charge in [-0.1, -0.05) is 35.6 Å². The molecule has 6 heteroatoms. The number of carbonyl (C=O) groups is 1. The largest absolute Gasteiger partial charge is 0.493 e. The summed E-state index contributed by atoms with van der Waals surface area (Å²) in [6, 6.07) is 11.7. The third kappa shape index (κ3) is 2.97.